The third-order valence-electron chi connectivity index (χ3n) is 2.76. The van der Waals surface area contributed by atoms with Crippen LogP contribution >= 0.6 is 23.4 Å². The zero-order chi connectivity index (χ0) is 16.8. The molecule has 0 saturated heterocycles. The van der Waals surface area contributed by atoms with Crippen LogP contribution in [0.3, 0.4) is 0 Å². The minimum Gasteiger partial charge on any atom is -0.350 e. The number of carbonyl (C=O) groups excluding carboxylic acids is 2. The molecule has 0 fully saturated rings. The molecule has 0 unspecified atom stereocenters. The Balaban J connectivity index is 2.50. The summed E-state index contributed by atoms with van der Waals surface area (Å²) >= 11 is 7.27. The van der Waals surface area contributed by atoms with E-state index in [2.05, 4.69) is 5.32 Å². The molecule has 0 heterocycles. The highest BCUT2D eigenvalue weighted by Crippen LogP contribution is 2.20. The minimum atomic E-state index is -0.294. The fourth-order valence-corrected chi connectivity index (χ4v) is 2.70. The number of thioether (sulfide) groups is 1. The van der Waals surface area contributed by atoms with Crippen molar-refractivity contribution in [2.45, 2.75) is 38.1 Å². The van der Waals surface area contributed by atoms with E-state index >= 15 is 0 Å². The van der Waals surface area contributed by atoms with E-state index in [4.69, 9.17) is 11.6 Å². The highest BCUT2D eigenvalue weighted by atomic mass is 35.5. The molecule has 0 aliphatic carbocycles. The summed E-state index contributed by atoms with van der Waals surface area (Å²) in [4.78, 5) is 26.7. The first-order chi connectivity index (χ1) is 10.2. The lowest BCUT2D eigenvalue weighted by molar-refractivity contribution is -0.134. The smallest absolute Gasteiger partial charge is 0.240 e. The molecule has 1 aromatic rings. The molecule has 0 aliphatic heterocycles. The quantitative estimate of drug-likeness (QED) is 0.808. The van der Waals surface area contributed by atoms with E-state index in [1.165, 1.54) is 11.8 Å². The highest BCUT2D eigenvalue weighted by Gasteiger charge is 2.19. The van der Waals surface area contributed by atoms with Gasteiger partial charge in [-0.3, -0.25) is 9.59 Å². The SMILES string of the molecule is CCN(CC(=O)NC(C)(C)C)C(=O)CSc1ccc(Cl)cc1. The summed E-state index contributed by atoms with van der Waals surface area (Å²) in [7, 11) is 0. The molecule has 0 atom stereocenters. The lowest BCUT2D eigenvalue weighted by atomic mass is 10.1. The first-order valence-electron chi connectivity index (χ1n) is 7.18. The van der Waals surface area contributed by atoms with Crippen molar-refractivity contribution in [3.63, 3.8) is 0 Å². The first-order valence-corrected chi connectivity index (χ1v) is 8.55. The van der Waals surface area contributed by atoms with Gasteiger partial charge in [0.1, 0.15) is 0 Å². The molecule has 0 aliphatic rings. The van der Waals surface area contributed by atoms with Crippen LogP contribution in [-0.4, -0.2) is 41.1 Å². The molecular formula is C16H23ClN2O2S. The largest absolute Gasteiger partial charge is 0.350 e. The van der Waals surface area contributed by atoms with Gasteiger partial charge in [-0.15, -0.1) is 11.8 Å². The van der Waals surface area contributed by atoms with E-state index in [9.17, 15) is 9.59 Å². The van der Waals surface area contributed by atoms with Gasteiger partial charge in [0.25, 0.3) is 0 Å². The number of likely N-dealkylation sites (N-methyl/N-ethyl adjacent to an activating group) is 1. The Morgan fingerprint density at radius 1 is 1.23 bits per heavy atom. The van der Waals surface area contributed by atoms with E-state index in [0.717, 1.165) is 4.90 Å². The van der Waals surface area contributed by atoms with Crippen LogP contribution in [-0.2, 0) is 9.59 Å². The van der Waals surface area contributed by atoms with Crippen LogP contribution in [0.15, 0.2) is 29.2 Å². The number of amides is 2. The second-order valence-electron chi connectivity index (χ2n) is 5.95. The van der Waals surface area contributed by atoms with Crippen LogP contribution in [0.2, 0.25) is 5.02 Å². The highest BCUT2D eigenvalue weighted by molar-refractivity contribution is 8.00. The molecule has 0 saturated carbocycles. The number of carbonyl (C=O) groups is 2. The van der Waals surface area contributed by atoms with Gasteiger partial charge in [-0.05, 0) is 52.0 Å². The Kier molecular flexibility index (Phi) is 7.23. The number of benzene rings is 1. The average molecular weight is 343 g/mol. The second-order valence-corrected chi connectivity index (χ2v) is 7.43. The molecule has 0 aromatic heterocycles. The zero-order valence-corrected chi connectivity index (χ0v) is 15.1. The van der Waals surface area contributed by atoms with E-state index < -0.39 is 0 Å². The van der Waals surface area contributed by atoms with Gasteiger partial charge < -0.3 is 10.2 Å². The predicted molar refractivity (Wildman–Crippen MR) is 92.3 cm³/mol. The average Bonchev–Trinajstić information content (AvgIpc) is 2.42. The normalized spacial score (nSPS) is 11.1. The van der Waals surface area contributed by atoms with Crippen LogP contribution < -0.4 is 5.32 Å². The number of halogens is 1. The van der Waals surface area contributed by atoms with Crippen molar-refractivity contribution < 1.29 is 9.59 Å². The second kappa shape index (κ2) is 8.44. The topological polar surface area (TPSA) is 49.4 Å². The number of rotatable bonds is 6. The van der Waals surface area contributed by atoms with Crippen molar-refractivity contribution in [2.75, 3.05) is 18.8 Å². The fraction of sp³-hybridized carbons (Fsp3) is 0.500. The monoisotopic (exact) mass is 342 g/mol. The van der Waals surface area contributed by atoms with E-state index in [0.29, 0.717) is 17.3 Å². The first kappa shape index (κ1) is 18.8. The van der Waals surface area contributed by atoms with E-state index in [1.807, 2.05) is 39.8 Å². The summed E-state index contributed by atoms with van der Waals surface area (Å²) < 4.78 is 0. The van der Waals surface area contributed by atoms with Crippen LogP contribution in [0.25, 0.3) is 0 Å². The van der Waals surface area contributed by atoms with Crippen molar-refractivity contribution in [3.05, 3.63) is 29.3 Å². The van der Waals surface area contributed by atoms with Crippen molar-refractivity contribution in [2.24, 2.45) is 0 Å². The van der Waals surface area contributed by atoms with Crippen molar-refractivity contribution in [3.8, 4) is 0 Å². The Hall–Kier alpha value is -1.20. The van der Waals surface area contributed by atoms with Gasteiger partial charge in [0.15, 0.2) is 0 Å². The van der Waals surface area contributed by atoms with Gasteiger partial charge in [0, 0.05) is 22.0 Å². The van der Waals surface area contributed by atoms with Crippen LogP contribution in [0.1, 0.15) is 27.7 Å². The molecule has 1 aromatic carbocycles. The number of nitrogens with one attached hydrogen (secondary N) is 1. The number of hydrogen-bond donors (Lipinski definition) is 1. The lowest BCUT2D eigenvalue weighted by Crippen LogP contribution is -2.47. The van der Waals surface area contributed by atoms with Crippen LogP contribution in [0, 0.1) is 0 Å². The zero-order valence-electron chi connectivity index (χ0n) is 13.5. The van der Waals surface area contributed by atoms with Crippen LogP contribution in [0.4, 0.5) is 0 Å². The van der Waals surface area contributed by atoms with E-state index in [1.54, 1.807) is 17.0 Å². The number of nitrogens with zero attached hydrogens (tertiary/aromatic N) is 1. The van der Waals surface area contributed by atoms with Gasteiger partial charge in [-0.1, -0.05) is 11.6 Å². The molecular weight excluding hydrogens is 320 g/mol. The molecule has 6 heteroatoms. The predicted octanol–water partition coefficient (Wildman–Crippen LogP) is 3.20. The molecule has 0 spiro atoms. The summed E-state index contributed by atoms with van der Waals surface area (Å²) in [6.45, 7) is 8.22. The molecule has 1 N–H and O–H groups in total. The summed E-state index contributed by atoms with van der Waals surface area (Å²) in [5.74, 6) is 0.115. The molecule has 0 bridgehead atoms. The third kappa shape index (κ3) is 7.18. The van der Waals surface area contributed by atoms with Gasteiger partial charge in [-0.2, -0.15) is 0 Å². The Labute approximate surface area is 141 Å². The van der Waals surface area contributed by atoms with Gasteiger partial charge in [0.05, 0.1) is 12.3 Å². The van der Waals surface area contributed by atoms with Gasteiger partial charge in [0.2, 0.25) is 11.8 Å². The van der Waals surface area contributed by atoms with Crippen molar-refractivity contribution in [1.29, 1.82) is 0 Å². The summed E-state index contributed by atoms with van der Waals surface area (Å²) in [6.07, 6.45) is 0. The maximum atomic E-state index is 12.2. The van der Waals surface area contributed by atoms with Crippen molar-refractivity contribution >= 4 is 35.2 Å². The molecule has 122 valence electrons. The van der Waals surface area contributed by atoms with Crippen LogP contribution in [0.5, 0.6) is 0 Å². The maximum Gasteiger partial charge on any atom is 0.240 e. The van der Waals surface area contributed by atoms with Crippen molar-refractivity contribution in [1.82, 2.24) is 10.2 Å². The molecule has 1 rings (SSSR count). The fourth-order valence-electron chi connectivity index (χ4n) is 1.77. The third-order valence-corrected chi connectivity index (χ3v) is 4.01. The van der Waals surface area contributed by atoms with Gasteiger partial charge >= 0.3 is 0 Å². The molecule has 22 heavy (non-hydrogen) atoms. The molecule has 0 radical (unpaired) electrons. The summed E-state index contributed by atoms with van der Waals surface area (Å²) in [5.41, 5.74) is -0.294. The Morgan fingerprint density at radius 3 is 2.32 bits per heavy atom. The maximum absolute atomic E-state index is 12.2. The minimum absolute atomic E-state index is 0.0495. The standard InChI is InChI=1S/C16H23ClN2O2S/c1-5-19(10-14(20)18-16(2,3)4)15(21)11-22-13-8-6-12(17)7-9-13/h6-9H,5,10-11H2,1-4H3,(H,18,20). The Morgan fingerprint density at radius 2 is 1.82 bits per heavy atom. The summed E-state index contributed by atoms with van der Waals surface area (Å²) in [5, 5.41) is 3.54. The Bertz CT molecular complexity index is 512. The van der Waals surface area contributed by atoms with Gasteiger partial charge in [-0.25, -0.2) is 0 Å². The lowest BCUT2D eigenvalue weighted by Gasteiger charge is -2.25. The van der Waals surface area contributed by atoms with E-state index in [-0.39, 0.29) is 23.9 Å². The summed E-state index contributed by atoms with van der Waals surface area (Å²) in [6, 6.07) is 7.34. The molecule has 4 nitrogen and oxygen atoms in total. The number of hydrogen-bond acceptors (Lipinski definition) is 3. The molecule has 2 amide bonds.